The first-order chi connectivity index (χ1) is 12.2. The van der Waals surface area contributed by atoms with Gasteiger partial charge in [-0.3, -0.25) is 14.7 Å². The smallest absolute Gasteiger partial charge is 0.257 e. The molecule has 3 N–H and O–H groups in total. The molecule has 0 saturated heterocycles. The summed E-state index contributed by atoms with van der Waals surface area (Å²) in [6, 6.07) is 9.41. The molecule has 1 heterocycles. The van der Waals surface area contributed by atoms with Crippen molar-refractivity contribution in [2.75, 3.05) is 46.0 Å². The predicted octanol–water partition coefficient (Wildman–Crippen LogP) is 0.406. The largest absolute Gasteiger partial charge is 0.481 e. The van der Waals surface area contributed by atoms with Gasteiger partial charge in [0.2, 0.25) is 0 Å². The van der Waals surface area contributed by atoms with Gasteiger partial charge in [0.25, 0.3) is 5.91 Å². The van der Waals surface area contributed by atoms with E-state index in [9.17, 15) is 4.79 Å². The molecular weight excluding hydrogens is 322 g/mol. The number of benzene rings is 1. The summed E-state index contributed by atoms with van der Waals surface area (Å²) in [4.78, 5) is 18.1. The summed E-state index contributed by atoms with van der Waals surface area (Å²) in [5.41, 5.74) is 0.737. The SMILES string of the molecule is O=C(COc1cccc2cccnc12)NCCCN(CCO)CCO. The van der Waals surface area contributed by atoms with Crippen LogP contribution in [0.5, 0.6) is 5.75 Å². The number of hydrogen-bond donors (Lipinski definition) is 3. The lowest BCUT2D eigenvalue weighted by atomic mass is 10.2. The number of para-hydroxylation sites is 1. The lowest BCUT2D eigenvalue weighted by molar-refractivity contribution is -0.123. The Kier molecular flexibility index (Phi) is 8.11. The second-order valence-electron chi connectivity index (χ2n) is 5.61. The number of carbonyl (C=O) groups is 1. The van der Waals surface area contributed by atoms with E-state index in [1.54, 1.807) is 12.3 Å². The standard InChI is InChI=1S/C18H25N3O4/c22-12-10-21(11-13-23)9-3-8-19-17(24)14-25-16-6-1-4-15-5-2-7-20-18(15)16/h1-2,4-7,22-23H,3,8-14H2,(H,19,24). The molecule has 1 aromatic carbocycles. The fourth-order valence-corrected chi connectivity index (χ4v) is 2.54. The van der Waals surface area contributed by atoms with Crippen LogP contribution in [0, 0.1) is 0 Å². The molecule has 0 bridgehead atoms. The third-order valence-corrected chi connectivity index (χ3v) is 3.76. The van der Waals surface area contributed by atoms with Crippen LogP contribution in [0.25, 0.3) is 10.9 Å². The molecular formula is C18H25N3O4. The first kappa shape index (κ1) is 19.1. The predicted molar refractivity (Wildman–Crippen MR) is 95.5 cm³/mol. The molecule has 7 heteroatoms. The van der Waals surface area contributed by atoms with Gasteiger partial charge >= 0.3 is 0 Å². The number of rotatable bonds is 11. The minimum atomic E-state index is -0.191. The van der Waals surface area contributed by atoms with Gasteiger partial charge in [-0.1, -0.05) is 18.2 Å². The number of carbonyl (C=O) groups excluding carboxylic acids is 1. The van der Waals surface area contributed by atoms with Gasteiger partial charge in [-0.05, 0) is 25.1 Å². The summed E-state index contributed by atoms with van der Waals surface area (Å²) < 4.78 is 5.59. The molecule has 0 atom stereocenters. The zero-order valence-electron chi connectivity index (χ0n) is 14.2. The molecule has 0 radical (unpaired) electrons. The van der Waals surface area contributed by atoms with E-state index in [2.05, 4.69) is 10.3 Å². The first-order valence-corrected chi connectivity index (χ1v) is 8.42. The Balaban J connectivity index is 1.72. The van der Waals surface area contributed by atoms with Crippen LogP contribution in [-0.2, 0) is 4.79 Å². The summed E-state index contributed by atoms with van der Waals surface area (Å²) in [6.07, 6.45) is 2.43. The minimum absolute atomic E-state index is 0.0548. The molecule has 0 fully saturated rings. The van der Waals surface area contributed by atoms with Crippen LogP contribution >= 0.6 is 0 Å². The number of amides is 1. The number of aliphatic hydroxyl groups excluding tert-OH is 2. The van der Waals surface area contributed by atoms with Crippen molar-refractivity contribution in [1.82, 2.24) is 15.2 Å². The van der Waals surface area contributed by atoms with Crippen LogP contribution in [0.1, 0.15) is 6.42 Å². The third-order valence-electron chi connectivity index (χ3n) is 3.76. The van der Waals surface area contributed by atoms with Gasteiger partial charge in [0.05, 0.1) is 13.2 Å². The van der Waals surface area contributed by atoms with E-state index in [1.165, 1.54) is 0 Å². The van der Waals surface area contributed by atoms with Crippen molar-refractivity contribution in [2.45, 2.75) is 6.42 Å². The van der Waals surface area contributed by atoms with Crippen molar-refractivity contribution in [1.29, 1.82) is 0 Å². The minimum Gasteiger partial charge on any atom is -0.481 e. The van der Waals surface area contributed by atoms with Gasteiger partial charge in [0.1, 0.15) is 11.3 Å². The van der Waals surface area contributed by atoms with Crippen LogP contribution < -0.4 is 10.1 Å². The third kappa shape index (κ3) is 6.30. The van der Waals surface area contributed by atoms with Gasteiger partial charge in [-0.25, -0.2) is 0 Å². The summed E-state index contributed by atoms with van der Waals surface area (Å²) in [5.74, 6) is 0.397. The van der Waals surface area contributed by atoms with Crippen molar-refractivity contribution in [3.8, 4) is 5.75 Å². The van der Waals surface area contributed by atoms with Crippen molar-refractivity contribution in [3.05, 3.63) is 36.5 Å². The highest BCUT2D eigenvalue weighted by molar-refractivity contribution is 5.85. The fourth-order valence-electron chi connectivity index (χ4n) is 2.54. The molecule has 2 rings (SSSR count). The normalized spacial score (nSPS) is 11.0. The van der Waals surface area contributed by atoms with E-state index in [0.717, 1.165) is 17.3 Å². The molecule has 0 saturated carbocycles. The fraction of sp³-hybridized carbons (Fsp3) is 0.444. The highest BCUT2D eigenvalue weighted by atomic mass is 16.5. The molecule has 0 aliphatic carbocycles. The second kappa shape index (κ2) is 10.6. The van der Waals surface area contributed by atoms with Gasteiger partial charge in [-0.15, -0.1) is 0 Å². The van der Waals surface area contributed by atoms with Crippen molar-refractivity contribution >= 4 is 16.8 Å². The van der Waals surface area contributed by atoms with Crippen LogP contribution in [0.4, 0.5) is 0 Å². The summed E-state index contributed by atoms with van der Waals surface area (Å²) in [5, 5.41) is 21.7. The van der Waals surface area contributed by atoms with E-state index in [4.69, 9.17) is 14.9 Å². The molecule has 0 unspecified atom stereocenters. The number of aromatic nitrogens is 1. The number of nitrogens with zero attached hydrogens (tertiary/aromatic N) is 2. The quantitative estimate of drug-likeness (QED) is 0.510. The number of pyridine rings is 1. The number of fused-ring (bicyclic) bond motifs is 1. The Morgan fingerprint density at radius 3 is 2.64 bits per heavy atom. The Labute approximate surface area is 147 Å². The average Bonchev–Trinajstić information content (AvgIpc) is 2.63. The van der Waals surface area contributed by atoms with Crippen LogP contribution in [0.15, 0.2) is 36.5 Å². The lowest BCUT2D eigenvalue weighted by Gasteiger charge is -2.19. The van der Waals surface area contributed by atoms with Crippen molar-refractivity contribution in [3.63, 3.8) is 0 Å². The van der Waals surface area contributed by atoms with E-state index in [-0.39, 0.29) is 25.7 Å². The van der Waals surface area contributed by atoms with Gasteiger partial charge in [0.15, 0.2) is 6.61 Å². The van der Waals surface area contributed by atoms with E-state index >= 15 is 0 Å². The van der Waals surface area contributed by atoms with Crippen molar-refractivity contribution < 1.29 is 19.7 Å². The Bertz CT molecular complexity index is 654. The molecule has 1 amide bonds. The molecule has 7 nitrogen and oxygen atoms in total. The molecule has 25 heavy (non-hydrogen) atoms. The highest BCUT2D eigenvalue weighted by Gasteiger charge is 2.07. The maximum Gasteiger partial charge on any atom is 0.257 e. The highest BCUT2D eigenvalue weighted by Crippen LogP contribution is 2.22. The van der Waals surface area contributed by atoms with Gasteiger partial charge in [-0.2, -0.15) is 0 Å². The zero-order chi connectivity index (χ0) is 17.9. The molecule has 136 valence electrons. The van der Waals surface area contributed by atoms with E-state index in [0.29, 0.717) is 31.9 Å². The maximum atomic E-state index is 11.9. The maximum absolute atomic E-state index is 11.9. The Morgan fingerprint density at radius 2 is 1.88 bits per heavy atom. The molecule has 0 spiro atoms. The number of aliphatic hydroxyl groups is 2. The van der Waals surface area contributed by atoms with Crippen LogP contribution in [0.2, 0.25) is 0 Å². The van der Waals surface area contributed by atoms with E-state index in [1.807, 2.05) is 29.2 Å². The molecule has 1 aromatic heterocycles. The number of hydrogen-bond acceptors (Lipinski definition) is 6. The molecule has 2 aromatic rings. The number of ether oxygens (including phenoxy) is 1. The van der Waals surface area contributed by atoms with E-state index < -0.39 is 0 Å². The summed E-state index contributed by atoms with van der Waals surface area (Å²) in [7, 11) is 0. The number of nitrogens with one attached hydrogen (secondary N) is 1. The second-order valence-corrected chi connectivity index (χ2v) is 5.61. The Morgan fingerprint density at radius 1 is 1.12 bits per heavy atom. The monoisotopic (exact) mass is 347 g/mol. The van der Waals surface area contributed by atoms with Gasteiger partial charge in [0, 0.05) is 31.2 Å². The van der Waals surface area contributed by atoms with Crippen LogP contribution in [0.3, 0.4) is 0 Å². The summed E-state index contributed by atoms with van der Waals surface area (Å²) >= 11 is 0. The molecule has 0 aliphatic heterocycles. The summed E-state index contributed by atoms with van der Waals surface area (Å²) in [6.45, 7) is 2.31. The zero-order valence-corrected chi connectivity index (χ0v) is 14.2. The van der Waals surface area contributed by atoms with Crippen LogP contribution in [-0.4, -0.2) is 72.0 Å². The lowest BCUT2D eigenvalue weighted by Crippen LogP contribution is -2.34. The Hall–Kier alpha value is -2.22. The van der Waals surface area contributed by atoms with Crippen molar-refractivity contribution in [2.24, 2.45) is 0 Å². The molecule has 0 aliphatic rings. The van der Waals surface area contributed by atoms with Gasteiger partial charge < -0.3 is 20.3 Å². The first-order valence-electron chi connectivity index (χ1n) is 8.42. The average molecular weight is 347 g/mol. The topological polar surface area (TPSA) is 94.9 Å².